The van der Waals surface area contributed by atoms with E-state index < -0.39 is 12.0 Å². The minimum absolute atomic E-state index is 0.118. The highest BCUT2D eigenvalue weighted by Gasteiger charge is 2.28. The van der Waals surface area contributed by atoms with Gasteiger partial charge in [0.2, 0.25) is 5.91 Å². The standard InChI is InChI=1S/C17H24N2O5/c1-23-12-6-7-13(15(10-12)24-2)18-16(20)11-14(17(21)22)19-8-4-3-5-9-19/h6-7,10,14H,3-5,8-9,11H2,1-2H3,(H,18,20)(H,21,22)/t14-/m1/s1. The fourth-order valence-electron chi connectivity index (χ4n) is 3.04. The Morgan fingerprint density at radius 1 is 1.21 bits per heavy atom. The SMILES string of the molecule is COc1ccc(NC(=O)C[C@H](C(=O)[O-])[NH+]2CCCCC2)c(OC)c1. The molecule has 1 heterocycles. The molecule has 1 atom stereocenters. The van der Waals surface area contributed by atoms with E-state index in [2.05, 4.69) is 5.32 Å². The van der Waals surface area contributed by atoms with E-state index >= 15 is 0 Å². The molecule has 7 heteroatoms. The maximum Gasteiger partial charge on any atom is 0.230 e. The number of nitrogens with one attached hydrogen (secondary N) is 2. The van der Waals surface area contributed by atoms with Crippen LogP contribution in [0.25, 0.3) is 0 Å². The highest BCUT2D eigenvalue weighted by molar-refractivity contribution is 5.94. The average molecular weight is 336 g/mol. The lowest BCUT2D eigenvalue weighted by Gasteiger charge is -2.31. The number of likely N-dealkylation sites (tertiary alicyclic amines) is 1. The second kappa shape index (κ2) is 8.54. The molecule has 0 aliphatic carbocycles. The maximum atomic E-state index is 12.3. The first-order valence-corrected chi connectivity index (χ1v) is 8.12. The van der Waals surface area contributed by atoms with Crippen LogP contribution < -0.4 is 24.8 Å². The van der Waals surface area contributed by atoms with Gasteiger partial charge < -0.3 is 29.6 Å². The summed E-state index contributed by atoms with van der Waals surface area (Å²) in [6.07, 6.45) is 2.95. The van der Waals surface area contributed by atoms with Crippen LogP contribution in [0.4, 0.5) is 5.69 Å². The summed E-state index contributed by atoms with van der Waals surface area (Å²) in [5.74, 6) is -0.484. The monoisotopic (exact) mass is 336 g/mol. The van der Waals surface area contributed by atoms with Crippen LogP contribution in [-0.4, -0.2) is 45.2 Å². The first kappa shape index (κ1) is 18.1. The summed E-state index contributed by atoms with van der Waals surface area (Å²) in [6.45, 7) is 1.52. The highest BCUT2D eigenvalue weighted by atomic mass is 16.5. The molecule has 0 bridgehead atoms. The topological polar surface area (TPSA) is 92.1 Å². The molecule has 0 spiro atoms. The van der Waals surface area contributed by atoms with E-state index in [1.807, 2.05) is 0 Å². The molecule has 0 aromatic heterocycles. The van der Waals surface area contributed by atoms with Crippen molar-refractivity contribution in [2.75, 3.05) is 32.6 Å². The third-order valence-corrected chi connectivity index (χ3v) is 4.35. The maximum absolute atomic E-state index is 12.3. The zero-order valence-electron chi connectivity index (χ0n) is 14.1. The van der Waals surface area contributed by atoms with Gasteiger partial charge in [0.05, 0.1) is 45.4 Å². The Kier molecular flexibility index (Phi) is 6.43. The molecular weight excluding hydrogens is 312 g/mol. The third kappa shape index (κ3) is 4.61. The number of amides is 1. The molecule has 1 aromatic rings. The van der Waals surface area contributed by atoms with Crippen LogP contribution in [-0.2, 0) is 9.59 Å². The number of aliphatic carboxylic acids is 1. The lowest BCUT2D eigenvalue weighted by Crippen LogP contribution is -3.18. The summed E-state index contributed by atoms with van der Waals surface area (Å²) in [6, 6.07) is 4.19. The molecule has 2 rings (SSSR count). The van der Waals surface area contributed by atoms with E-state index in [1.165, 1.54) is 7.11 Å². The van der Waals surface area contributed by atoms with E-state index in [0.717, 1.165) is 37.3 Å². The van der Waals surface area contributed by atoms with Crippen molar-refractivity contribution in [3.05, 3.63) is 18.2 Å². The number of benzene rings is 1. The number of hydrogen-bond acceptors (Lipinski definition) is 5. The normalized spacial score (nSPS) is 16.2. The Morgan fingerprint density at radius 3 is 2.50 bits per heavy atom. The van der Waals surface area contributed by atoms with Gasteiger partial charge in [0, 0.05) is 6.07 Å². The van der Waals surface area contributed by atoms with E-state index in [4.69, 9.17) is 9.47 Å². The molecule has 1 aliphatic rings. The quantitative estimate of drug-likeness (QED) is 0.681. The molecule has 2 N–H and O–H groups in total. The van der Waals surface area contributed by atoms with Gasteiger partial charge in [-0.1, -0.05) is 0 Å². The van der Waals surface area contributed by atoms with Crippen molar-refractivity contribution in [1.82, 2.24) is 0 Å². The minimum atomic E-state index is -1.18. The summed E-state index contributed by atoms with van der Waals surface area (Å²) in [7, 11) is 3.03. The second-order valence-corrected chi connectivity index (χ2v) is 5.91. The van der Waals surface area contributed by atoms with Gasteiger partial charge in [-0.25, -0.2) is 0 Å². The number of methoxy groups -OCH3 is 2. The molecule has 1 aromatic carbocycles. The summed E-state index contributed by atoms with van der Waals surface area (Å²) in [5.41, 5.74) is 0.481. The van der Waals surface area contributed by atoms with E-state index in [1.54, 1.807) is 25.3 Å². The lowest BCUT2D eigenvalue weighted by atomic mass is 10.1. The number of quaternary nitrogens is 1. The van der Waals surface area contributed by atoms with Crippen molar-refractivity contribution in [2.24, 2.45) is 0 Å². The summed E-state index contributed by atoms with van der Waals surface area (Å²) in [5, 5.41) is 14.2. The number of carbonyl (C=O) groups is 2. The Labute approximate surface area is 141 Å². The first-order valence-electron chi connectivity index (χ1n) is 8.12. The second-order valence-electron chi connectivity index (χ2n) is 5.91. The zero-order valence-corrected chi connectivity index (χ0v) is 14.1. The molecule has 0 saturated carbocycles. The Bertz CT molecular complexity index is 584. The predicted molar refractivity (Wildman–Crippen MR) is 86.1 cm³/mol. The Balaban J connectivity index is 2.04. The number of hydrogen-bond donors (Lipinski definition) is 2. The number of ether oxygens (including phenoxy) is 2. The fourth-order valence-corrected chi connectivity index (χ4v) is 3.04. The molecule has 1 saturated heterocycles. The van der Waals surface area contributed by atoms with Crippen LogP contribution in [0.2, 0.25) is 0 Å². The molecule has 1 fully saturated rings. The van der Waals surface area contributed by atoms with Gasteiger partial charge in [0.25, 0.3) is 0 Å². The molecule has 0 radical (unpaired) electrons. The highest BCUT2D eigenvalue weighted by Crippen LogP contribution is 2.29. The van der Waals surface area contributed by atoms with E-state index in [-0.39, 0.29) is 12.3 Å². The van der Waals surface area contributed by atoms with Gasteiger partial charge in [-0.05, 0) is 31.4 Å². The van der Waals surface area contributed by atoms with Crippen molar-refractivity contribution >= 4 is 17.6 Å². The van der Waals surface area contributed by atoms with Crippen LogP contribution in [0.15, 0.2) is 18.2 Å². The van der Waals surface area contributed by atoms with Gasteiger partial charge in [-0.2, -0.15) is 0 Å². The van der Waals surface area contributed by atoms with Crippen LogP contribution >= 0.6 is 0 Å². The molecule has 0 unspecified atom stereocenters. The van der Waals surface area contributed by atoms with Gasteiger partial charge in [0.15, 0.2) is 0 Å². The van der Waals surface area contributed by atoms with Gasteiger partial charge in [-0.15, -0.1) is 0 Å². The molecule has 1 aliphatic heterocycles. The first-order chi connectivity index (χ1) is 11.5. The lowest BCUT2D eigenvalue weighted by molar-refractivity contribution is -0.922. The van der Waals surface area contributed by atoms with Crippen LogP contribution in [0.1, 0.15) is 25.7 Å². The van der Waals surface area contributed by atoms with Crippen LogP contribution in [0, 0.1) is 0 Å². The molecule has 7 nitrogen and oxygen atoms in total. The summed E-state index contributed by atoms with van der Waals surface area (Å²) in [4.78, 5) is 24.6. The number of carboxylic acids is 1. The van der Waals surface area contributed by atoms with Crippen LogP contribution in [0.5, 0.6) is 11.5 Å². The van der Waals surface area contributed by atoms with Gasteiger partial charge in [-0.3, -0.25) is 4.79 Å². The number of carboxylic acid groups (broad SMARTS) is 1. The molecule has 1 amide bonds. The number of anilines is 1. The Morgan fingerprint density at radius 2 is 1.92 bits per heavy atom. The van der Waals surface area contributed by atoms with Crippen molar-refractivity contribution < 1.29 is 29.1 Å². The largest absolute Gasteiger partial charge is 0.544 e. The number of carbonyl (C=O) groups excluding carboxylic acids is 2. The summed E-state index contributed by atoms with van der Waals surface area (Å²) < 4.78 is 10.3. The van der Waals surface area contributed by atoms with E-state index in [0.29, 0.717) is 17.2 Å². The number of rotatable bonds is 7. The average Bonchev–Trinajstić information content (AvgIpc) is 2.60. The summed E-state index contributed by atoms with van der Waals surface area (Å²) >= 11 is 0. The van der Waals surface area contributed by atoms with Gasteiger partial charge in [0.1, 0.15) is 17.5 Å². The van der Waals surface area contributed by atoms with Gasteiger partial charge >= 0.3 is 0 Å². The number of piperidine rings is 1. The Hall–Kier alpha value is -2.28. The smallest absolute Gasteiger partial charge is 0.230 e. The van der Waals surface area contributed by atoms with Crippen LogP contribution in [0.3, 0.4) is 0 Å². The molecule has 132 valence electrons. The van der Waals surface area contributed by atoms with Crippen molar-refractivity contribution in [3.8, 4) is 11.5 Å². The van der Waals surface area contributed by atoms with Crippen molar-refractivity contribution in [2.45, 2.75) is 31.7 Å². The fraction of sp³-hybridized carbons (Fsp3) is 0.529. The zero-order chi connectivity index (χ0) is 17.5. The molecular formula is C17H24N2O5. The van der Waals surface area contributed by atoms with E-state index in [9.17, 15) is 14.7 Å². The minimum Gasteiger partial charge on any atom is -0.544 e. The van der Waals surface area contributed by atoms with Crippen molar-refractivity contribution in [3.63, 3.8) is 0 Å². The molecule has 24 heavy (non-hydrogen) atoms. The predicted octanol–water partition coefficient (Wildman–Crippen LogP) is -0.780. The van der Waals surface area contributed by atoms with Crippen molar-refractivity contribution in [1.29, 1.82) is 0 Å². The third-order valence-electron chi connectivity index (χ3n) is 4.35.